The molecular formula is C18H18N4OS. The normalized spacial score (nSPS) is 15.0. The van der Waals surface area contributed by atoms with Gasteiger partial charge in [0.1, 0.15) is 5.01 Å². The lowest BCUT2D eigenvalue weighted by atomic mass is 10.0. The second-order valence-corrected chi connectivity index (χ2v) is 7.07. The van der Waals surface area contributed by atoms with Crippen molar-refractivity contribution in [1.82, 2.24) is 15.1 Å². The Hall–Kier alpha value is -2.47. The molecule has 6 heteroatoms. The third kappa shape index (κ3) is 2.73. The molecule has 1 aliphatic heterocycles. The number of aryl methyl sites for hydroxylation is 1. The molecule has 5 nitrogen and oxygen atoms in total. The van der Waals surface area contributed by atoms with E-state index < -0.39 is 0 Å². The van der Waals surface area contributed by atoms with Crippen molar-refractivity contribution < 1.29 is 4.79 Å². The van der Waals surface area contributed by atoms with Crippen molar-refractivity contribution >= 4 is 33.1 Å². The van der Waals surface area contributed by atoms with Crippen LogP contribution in [0.2, 0.25) is 0 Å². The molecule has 1 amide bonds. The molecule has 0 radical (unpaired) electrons. The lowest BCUT2D eigenvalue weighted by Crippen LogP contribution is -2.48. The number of hydrogen-bond acceptors (Lipinski definition) is 5. The summed E-state index contributed by atoms with van der Waals surface area (Å²) in [6.45, 7) is 4.97. The van der Waals surface area contributed by atoms with Crippen molar-refractivity contribution in [3.05, 3.63) is 53.0 Å². The van der Waals surface area contributed by atoms with E-state index >= 15 is 0 Å². The third-order valence-corrected chi connectivity index (χ3v) is 5.27. The van der Waals surface area contributed by atoms with Gasteiger partial charge >= 0.3 is 0 Å². The number of carbonyl (C=O) groups is 1. The van der Waals surface area contributed by atoms with E-state index in [1.165, 1.54) is 0 Å². The maximum absolute atomic E-state index is 12.9. The monoisotopic (exact) mass is 338 g/mol. The molecule has 0 spiro atoms. The number of rotatable bonds is 2. The van der Waals surface area contributed by atoms with Gasteiger partial charge in [0.2, 0.25) is 5.13 Å². The van der Waals surface area contributed by atoms with E-state index in [2.05, 4.69) is 15.1 Å². The number of anilines is 1. The predicted octanol–water partition coefficient (Wildman–Crippen LogP) is 2.96. The minimum absolute atomic E-state index is 0.111. The van der Waals surface area contributed by atoms with Crippen LogP contribution in [0.25, 0.3) is 10.8 Å². The Balaban J connectivity index is 1.52. The second-order valence-electron chi connectivity index (χ2n) is 5.91. The first kappa shape index (κ1) is 15.1. The molecular weight excluding hydrogens is 320 g/mol. The molecule has 1 aromatic heterocycles. The quantitative estimate of drug-likeness (QED) is 0.721. The first-order valence-electron chi connectivity index (χ1n) is 8.04. The highest BCUT2D eigenvalue weighted by Gasteiger charge is 2.24. The highest BCUT2D eigenvalue weighted by Crippen LogP contribution is 2.23. The van der Waals surface area contributed by atoms with E-state index in [-0.39, 0.29) is 5.91 Å². The summed E-state index contributed by atoms with van der Waals surface area (Å²) in [5, 5.41) is 12.3. The standard InChI is InChI=1S/C18H18N4OS/c1-13-19-20-18(24-13)22-11-9-21(10-12-22)17(23)16-8-4-6-14-5-2-3-7-15(14)16/h2-8H,9-12H2,1H3. The predicted molar refractivity (Wildman–Crippen MR) is 96.7 cm³/mol. The van der Waals surface area contributed by atoms with Crippen LogP contribution in [0.3, 0.4) is 0 Å². The maximum atomic E-state index is 12.9. The van der Waals surface area contributed by atoms with E-state index in [9.17, 15) is 4.79 Å². The average molecular weight is 338 g/mol. The zero-order chi connectivity index (χ0) is 16.5. The molecule has 2 heterocycles. The van der Waals surface area contributed by atoms with Crippen molar-refractivity contribution in [2.45, 2.75) is 6.92 Å². The Labute approximate surface area is 144 Å². The van der Waals surface area contributed by atoms with Crippen LogP contribution in [-0.2, 0) is 0 Å². The third-order valence-electron chi connectivity index (χ3n) is 4.37. The number of carbonyl (C=O) groups excluding carboxylic acids is 1. The lowest BCUT2D eigenvalue weighted by molar-refractivity contribution is 0.0748. The van der Waals surface area contributed by atoms with Crippen LogP contribution in [0.1, 0.15) is 15.4 Å². The van der Waals surface area contributed by atoms with Crippen molar-refractivity contribution in [3.8, 4) is 0 Å². The molecule has 1 aliphatic rings. The summed E-state index contributed by atoms with van der Waals surface area (Å²) in [6, 6.07) is 14.0. The largest absolute Gasteiger partial charge is 0.343 e. The lowest BCUT2D eigenvalue weighted by Gasteiger charge is -2.34. The van der Waals surface area contributed by atoms with Crippen molar-refractivity contribution in [2.24, 2.45) is 0 Å². The van der Waals surface area contributed by atoms with E-state index in [1.807, 2.05) is 54.3 Å². The molecule has 0 aliphatic carbocycles. The molecule has 0 bridgehead atoms. The minimum atomic E-state index is 0.111. The Morgan fingerprint density at radius 1 is 1.00 bits per heavy atom. The summed E-state index contributed by atoms with van der Waals surface area (Å²) >= 11 is 1.60. The van der Waals surface area contributed by atoms with Gasteiger partial charge in [0.25, 0.3) is 5.91 Å². The molecule has 2 aromatic carbocycles. The second kappa shape index (κ2) is 6.20. The molecule has 0 saturated carbocycles. The van der Waals surface area contributed by atoms with Gasteiger partial charge in [0.15, 0.2) is 0 Å². The number of amides is 1. The van der Waals surface area contributed by atoms with Crippen molar-refractivity contribution in [3.63, 3.8) is 0 Å². The molecule has 0 atom stereocenters. The number of aromatic nitrogens is 2. The van der Waals surface area contributed by atoms with Gasteiger partial charge in [-0.1, -0.05) is 47.7 Å². The fourth-order valence-electron chi connectivity index (χ4n) is 3.10. The zero-order valence-electron chi connectivity index (χ0n) is 13.5. The van der Waals surface area contributed by atoms with Gasteiger partial charge in [-0.15, -0.1) is 10.2 Å². The Bertz CT molecular complexity index is 878. The number of benzene rings is 2. The topological polar surface area (TPSA) is 49.3 Å². The smallest absolute Gasteiger partial charge is 0.254 e. The fraction of sp³-hybridized carbons (Fsp3) is 0.278. The number of fused-ring (bicyclic) bond motifs is 1. The van der Waals surface area contributed by atoms with E-state index in [1.54, 1.807) is 11.3 Å². The SMILES string of the molecule is Cc1nnc(N2CCN(C(=O)c3cccc4ccccc34)CC2)s1. The van der Waals surface area contributed by atoms with Gasteiger partial charge in [-0.3, -0.25) is 4.79 Å². The highest BCUT2D eigenvalue weighted by molar-refractivity contribution is 7.15. The van der Waals surface area contributed by atoms with E-state index in [0.717, 1.165) is 39.6 Å². The summed E-state index contributed by atoms with van der Waals surface area (Å²) in [7, 11) is 0. The summed E-state index contributed by atoms with van der Waals surface area (Å²) in [5.74, 6) is 0.111. The average Bonchev–Trinajstić information content (AvgIpc) is 3.07. The number of piperazine rings is 1. The van der Waals surface area contributed by atoms with Crippen LogP contribution in [0.15, 0.2) is 42.5 Å². The molecule has 0 N–H and O–H groups in total. The van der Waals surface area contributed by atoms with Gasteiger partial charge in [-0.05, 0) is 23.8 Å². The molecule has 1 fully saturated rings. The molecule has 0 unspecified atom stereocenters. The maximum Gasteiger partial charge on any atom is 0.254 e. The van der Waals surface area contributed by atoms with Gasteiger partial charge < -0.3 is 9.80 Å². The summed E-state index contributed by atoms with van der Waals surface area (Å²) in [6.07, 6.45) is 0. The molecule has 24 heavy (non-hydrogen) atoms. The number of hydrogen-bond donors (Lipinski definition) is 0. The van der Waals surface area contributed by atoms with Crippen molar-refractivity contribution in [1.29, 1.82) is 0 Å². The first-order chi connectivity index (χ1) is 11.7. The summed E-state index contributed by atoms with van der Waals surface area (Å²) in [5.41, 5.74) is 0.785. The fourth-order valence-corrected chi connectivity index (χ4v) is 3.84. The highest BCUT2D eigenvalue weighted by atomic mass is 32.1. The first-order valence-corrected chi connectivity index (χ1v) is 8.86. The van der Waals surface area contributed by atoms with E-state index in [4.69, 9.17) is 0 Å². The van der Waals surface area contributed by atoms with Gasteiger partial charge in [-0.25, -0.2) is 0 Å². The van der Waals surface area contributed by atoms with Crippen molar-refractivity contribution in [2.75, 3.05) is 31.1 Å². The van der Waals surface area contributed by atoms with Crippen LogP contribution < -0.4 is 4.90 Å². The summed E-state index contributed by atoms with van der Waals surface area (Å²) in [4.78, 5) is 17.1. The van der Waals surface area contributed by atoms with Crippen LogP contribution in [0.5, 0.6) is 0 Å². The Kier molecular flexibility index (Phi) is 3.90. The van der Waals surface area contributed by atoms with Crippen LogP contribution in [0, 0.1) is 6.92 Å². The van der Waals surface area contributed by atoms with E-state index in [0.29, 0.717) is 13.1 Å². The molecule has 122 valence electrons. The summed E-state index contributed by atoms with van der Waals surface area (Å²) < 4.78 is 0. The zero-order valence-corrected chi connectivity index (χ0v) is 14.3. The molecule has 4 rings (SSSR count). The van der Waals surface area contributed by atoms with Crippen LogP contribution in [0.4, 0.5) is 5.13 Å². The molecule has 1 saturated heterocycles. The van der Waals surface area contributed by atoms with Gasteiger partial charge in [0, 0.05) is 31.7 Å². The minimum Gasteiger partial charge on any atom is -0.343 e. The molecule has 3 aromatic rings. The Morgan fingerprint density at radius 3 is 2.50 bits per heavy atom. The Morgan fingerprint density at radius 2 is 1.75 bits per heavy atom. The van der Waals surface area contributed by atoms with Crippen LogP contribution >= 0.6 is 11.3 Å². The number of nitrogens with zero attached hydrogens (tertiary/aromatic N) is 4. The van der Waals surface area contributed by atoms with Gasteiger partial charge in [0.05, 0.1) is 0 Å². The van der Waals surface area contributed by atoms with Gasteiger partial charge in [-0.2, -0.15) is 0 Å². The van der Waals surface area contributed by atoms with Crippen LogP contribution in [-0.4, -0.2) is 47.2 Å².